The molecule has 1 rings (SSSR count). The molecule has 0 amide bonds. The monoisotopic (exact) mass is 156 g/mol. The molecule has 1 aliphatic rings. The molecule has 2 nitrogen and oxygen atoms in total. The average molecular weight is 156 g/mol. The zero-order valence-electron chi connectivity index (χ0n) is 8.22. The third kappa shape index (κ3) is 3.42. The summed E-state index contributed by atoms with van der Waals surface area (Å²) in [6.45, 7) is 13.3. The highest BCUT2D eigenvalue weighted by atomic mass is 15.4. The van der Waals surface area contributed by atoms with Crippen LogP contribution in [-0.2, 0) is 0 Å². The van der Waals surface area contributed by atoms with Crippen LogP contribution >= 0.6 is 0 Å². The van der Waals surface area contributed by atoms with E-state index >= 15 is 0 Å². The van der Waals surface area contributed by atoms with Crippen LogP contribution in [0.3, 0.4) is 0 Å². The van der Waals surface area contributed by atoms with Crippen molar-refractivity contribution in [2.24, 2.45) is 0 Å². The van der Waals surface area contributed by atoms with Crippen LogP contribution in [-0.4, -0.2) is 36.6 Å². The van der Waals surface area contributed by atoms with Crippen molar-refractivity contribution in [3.8, 4) is 0 Å². The SMILES string of the molecule is C=C(C)N1CCN(C)C1.CC. The summed E-state index contributed by atoms with van der Waals surface area (Å²) in [4.78, 5) is 4.56. The number of allylic oxidation sites excluding steroid dienone is 1. The Balaban J connectivity index is 0.000000461. The maximum Gasteiger partial charge on any atom is 0.0702 e. The number of rotatable bonds is 1. The van der Waals surface area contributed by atoms with Gasteiger partial charge >= 0.3 is 0 Å². The van der Waals surface area contributed by atoms with Crippen LogP contribution in [0.5, 0.6) is 0 Å². The van der Waals surface area contributed by atoms with Gasteiger partial charge in [-0.25, -0.2) is 0 Å². The highest BCUT2D eigenvalue weighted by molar-refractivity contribution is 4.90. The third-order valence-corrected chi connectivity index (χ3v) is 1.70. The van der Waals surface area contributed by atoms with E-state index < -0.39 is 0 Å². The smallest absolute Gasteiger partial charge is 0.0702 e. The second kappa shape index (κ2) is 5.19. The third-order valence-electron chi connectivity index (χ3n) is 1.70. The summed E-state index contributed by atoms with van der Waals surface area (Å²) < 4.78 is 0. The predicted octanol–water partition coefficient (Wildman–Crippen LogP) is 1.75. The lowest BCUT2D eigenvalue weighted by molar-refractivity contribution is 0.325. The first-order chi connectivity index (χ1) is 5.20. The summed E-state index contributed by atoms with van der Waals surface area (Å²) >= 11 is 0. The largest absolute Gasteiger partial charge is 0.361 e. The van der Waals surface area contributed by atoms with Crippen LogP contribution in [0.1, 0.15) is 20.8 Å². The lowest BCUT2D eigenvalue weighted by atomic mass is 10.5. The molecule has 0 spiro atoms. The van der Waals surface area contributed by atoms with Gasteiger partial charge in [0.1, 0.15) is 0 Å². The molecule has 11 heavy (non-hydrogen) atoms. The van der Waals surface area contributed by atoms with E-state index in [2.05, 4.69) is 30.4 Å². The number of hydrogen-bond donors (Lipinski definition) is 0. The molecule has 0 aromatic heterocycles. The van der Waals surface area contributed by atoms with Crippen LogP contribution in [0.4, 0.5) is 0 Å². The molecule has 0 aliphatic carbocycles. The standard InChI is InChI=1S/C7H14N2.C2H6/c1-7(2)9-5-4-8(3)6-9;1-2/h1,4-6H2,2-3H3;1-2H3. The summed E-state index contributed by atoms with van der Waals surface area (Å²) in [6, 6.07) is 0. The first-order valence-corrected chi connectivity index (χ1v) is 4.29. The molecule has 2 heteroatoms. The van der Waals surface area contributed by atoms with E-state index in [1.807, 2.05) is 13.8 Å². The second-order valence-corrected chi connectivity index (χ2v) is 2.72. The van der Waals surface area contributed by atoms with Gasteiger partial charge in [-0.3, -0.25) is 4.90 Å². The van der Waals surface area contributed by atoms with E-state index in [1.165, 1.54) is 12.2 Å². The Labute approximate surface area is 70.5 Å². The Morgan fingerprint density at radius 1 is 1.27 bits per heavy atom. The molecule has 0 unspecified atom stereocenters. The lowest BCUT2D eigenvalue weighted by Gasteiger charge is -2.16. The highest BCUT2D eigenvalue weighted by Crippen LogP contribution is 2.06. The van der Waals surface area contributed by atoms with Gasteiger partial charge < -0.3 is 4.90 Å². The summed E-state index contributed by atoms with van der Waals surface area (Å²) in [5.74, 6) is 0. The molecule has 0 bridgehead atoms. The summed E-state index contributed by atoms with van der Waals surface area (Å²) in [5, 5.41) is 0. The van der Waals surface area contributed by atoms with Crippen molar-refractivity contribution in [2.75, 3.05) is 26.8 Å². The van der Waals surface area contributed by atoms with E-state index in [4.69, 9.17) is 0 Å². The van der Waals surface area contributed by atoms with Crippen molar-refractivity contribution in [3.63, 3.8) is 0 Å². The van der Waals surface area contributed by atoms with Crippen molar-refractivity contribution < 1.29 is 0 Å². The van der Waals surface area contributed by atoms with Crippen LogP contribution in [0.25, 0.3) is 0 Å². The van der Waals surface area contributed by atoms with E-state index in [0.29, 0.717) is 0 Å². The van der Waals surface area contributed by atoms with E-state index in [1.54, 1.807) is 0 Å². The maximum absolute atomic E-state index is 3.87. The van der Waals surface area contributed by atoms with Gasteiger partial charge in [-0.15, -0.1) is 0 Å². The Bertz CT molecular complexity index is 121. The van der Waals surface area contributed by atoms with Crippen LogP contribution < -0.4 is 0 Å². The van der Waals surface area contributed by atoms with Crippen LogP contribution in [0.2, 0.25) is 0 Å². The zero-order chi connectivity index (χ0) is 8.85. The van der Waals surface area contributed by atoms with Crippen molar-refractivity contribution in [1.29, 1.82) is 0 Å². The first kappa shape index (κ1) is 10.5. The molecule has 0 atom stereocenters. The predicted molar refractivity (Wildman–Crippen MR) is 50.4 cm³/mol. The molecule has 1 fully saturated rings. The fourth-order valence-corrected chi connectivity index (χ4v) is 1.04. The molecule has 66 valence electrons. The van der Waals surface area contributed by atoms with E-state index in [-0.39, 0.29) is 0 Å². The Morgan fingerprint density at radius 2 is 1.82 bits per heavy atom. The quantitative estimate of drug-likeness (QED) is 0.570. The van der Waals surface area contributed by atoms with E-state index in [0.717, 1.165) is 13.2 Å². The van der Waals surface area contributed by atoms with Gasteiger partial charge in [0, 0.05) is 18.8 Å². The van der Waals surface area contributed by atoms with Gasteiger partial charge in [0.2, 0.25) is 0 Å². The number of hydrogen-bond acceptors (Lipinski definition) is 2. The van der Waals surface area contributed by atoms with Crippen molar-refractivity contribution in [1.82, 2.24) is 9.80 Å². The van der Waals surface area contributed by atoms with Crippen molar-refractivity contribution in [2.45, 2.75) is 20.8 Å². The minimum atomic E-state index is 1.05. The van der Waals surface area contributed by atoms with Gasteiger partial charge in [-0.2, -0.15) is 0 Å². The van der Waals surface area contributed by atoms with E-state index in [9.17, 15) is 0 Å². The molecule has 0 saturated carbocycles. The van der Waals surface area contributed by atoms with Gasteiger partial charge in [0.05, 0.1) is 6.67 Å². The van der Waals surface area contributed by atoms with Gasteiger partial charge in [0.15, 0.2) is 0 Å². The molecule has 1 saturated heterocycles. The Hall–Kier alpha value is -0.500. The molecular formula is C9H20N2. The minimum absolute atomic E-state index is 1.05. The molecule has 1 aliphatic heterocycles. The van der Waals surface area contributed by atoms with Crippen LogP contribution in [0.15, 0.2) is 12.3 Å². The van der Waals surface area contributed by atoms with Crippen molar-refractivity contribution in [3.05, 3.63) is 12.3 Å². The molecule has 0 radical (unpaired) electrons. The first-order valence-electron chi connectivity index (χ1n) is 4.29. The van der Waals surface area contributed by atoms with Gasteiger partial charge in [0.25, 0.3) is 0 Å². The molecule has 0 aromatic rings. The summed E-state index contributed by atoms with van der Waals surface area (Å²) in [6.07, 6.45) is 0. The van der Waals surface area contributed by atoms with Gasteiger partial charge in [-0.05, 0) is 14.0 Å². The maximum atomic E-state index is 3.87. The lowest BCUT2D eigenvalue weighted by Crippen LogP contribution is -2.20. The average Bonchev–Trinajstić information content (AvgIpc) is 2.40. The topological polar surface area (TPSA) is 6.48 Å². The normalized spacial score (nSPS) is 17.6. The Morgan fingerprint density at radius 3 is 2.00 bits per heavy atom. The fourth-order valence-electron chi connectivity index (χ4n) is 1.04. The fraction of sp³-hybridized carbons (Fsp3) is 0.778. The van der Waals surface area contributed by atoms with Crippen molar-refractivity contribution >= 4 is 0 Å². The summed E-state index contributed by atoms with van der Waals surface area (Å²) in [7, 11) is 2.13. The number of likely N-dealkylation sites (N-methyl/N-ethyl adjacent to an activating group) is 1. The number of nitrogens with zero attached hydrogens (tertiary/aromatic N) is 2. The zero-order valence-corrected chi connectivity index (χ0v) is 8.22. The molecule has 0 aromatic carbocycles. The minimum Gasteiger partial charge on any atom is -0.361 e. The van der Waals surface area contributed by atoms with Crippen LogP contribution in [0, 0.1) is 0 Å². The van der Waals surface area contributed by atoms with Gasteiger partial charge in [-0.1, -0.05) is 20.4 Å². The molecule has 0 N–H and O–H groups in total. The highest BCUT2D eigenvalue weighted by Gasteiger charge is 2.14. The molecular weight excluding hydrogens is 136 g/mol. The summed E-state index contributed by atoms with van der Waals surface area (Å²) in [5.41, 5.74) is 1.18. The molecule has 1 heterocycles. The second-order valence-electron chi connectivity index (χ2n) is 2.72. The Kier molecular flexibility index (Phi) is 4.95.